The van der Waals surface area contributed by atoms with Crippen LogP contribution in [0.5, 0.6) is 5.75 Å². The van der Waals surface area contributed by atoms with E-state index in [4.69, 9.17) is 4.74 Å². The second-order valence-electron chi connectivity index (χ2n) is 7.01. The average molecular weight is 372 g/mol. The summed E-state index contributed by atoms with van der Waals surface area (Å²) in [4.78, 5) is 14.9. The lowest BCUT2D eigenvalue weighted by Crippen LogP contribution is -2.45. The van der Waals surface area contributed by atoms with Crippen molar-refractivity contribution < 1.29 is 9.53 Å². The van der Waals surface area contributed by atoms with Crippen molar-refractivity contribution in [3.05, 3.63) is 96.1 Å². The molecular formula is C24H24N2O2. The molecule has 4 heteroatoms. The third kappa shape index (κ3) is 4.34. The molecule has 0 radical (unpaired) electrons. The molecule has 0 spiro atoms. The zero-order chi connectivity index (χ0) is 19.2. The van der Waals surface area contributed by atoms with Crippen LogP contribution in [0.4, 0.5) is 5.69 Å². The summed E-state index contributed by atoms with van der Waals surface area (Å²) < 4.78 is 5.95. The van der Waals surface area contributed by atoms with Gasteiger partial charge >= 0.3 is 0 Å². The van der Waals surface area contributed by atoms with Crippen LogP contribution in [0, 0.1) is 0 Å². The van der Waals surface area contributed by atoms with E-state index in [1.165, 1.54) is 5.56 Å². The minimum Gasteiger partial charge on any atom is -0.489 e. The van der Waals surface area contributed by atoms with Crippen LogP contribution in [-0.2, 0) is 17.9 Å². The highest BCUT2D eigenvalue weighted by molar-refractivity contribution is 5.77. The van der Waals surface area contributed by atoms with Gasteiger partial charge in [-0.2, -0.15) is 0 Å². The van der Waals surface area contributed by atoms with Gasteiger partial charge in [0.05, 0.1) is 18.2 Å². The Morgan fingerprint density at radius 1 is 0.893 bits per heavy atom. The largest absolute Gasteiger partial charge is 0.489 e. The van der Waals surface area contributed by atoms with Crippen molar-refractivity contribution in [3.63, 3.8) is 0 Å². The van der Waals surface area contributed by atoms with E-state index in [1.54, 1.807) is 0 Å². The first-order valence-electron chi connectivity index (χ1n) is 9.62. The summed E-state index contributed by atoms with van der Waals surface area (Å²) in [6.07, 6.45) is 0.397. The summed E-state index contributed by atoms with van der Waals surface area (Å²) in [7, 11) is 0. The van der Waals surface area contributed by atoms with Crippen LogP contribution >= 0.6 is 0 Å². The van der Waals surface area contributed by atoms with Crippen LogP contribution in [0.25, 0.3) is 0 Å². The van der Waals surface area contributed by atoms with Crippen LogP contribution in [0.3, 0.4) is 0 Å². The lowest BCUT2D eigenvalue weighted by atomic mass is 10.1. The quantitative estimate of drug-likeness (QED) is 0.706. The SMILES string of the molecule is O=C(C[C@H]1COc2ccccc2N1Cc1ccccc1)NCc1ccccc1. The van der Waals surface area contributed by atoms with Gasteiger partial charge in [-0.05, 0) is 23.3 Å². The van der Waals surface area contributed by atoms with Crippen molar-refractivity contribution in [1.29, 1.82) is 0 Å². The molecule has 1 aliphatic heterocycles. The van der Waals surface area contributed by atoms with Crippen molar-refractivity contribution in [2.75, 3.05) is 11.5 Å². The lowest BCUT2D eigenvalue weighted by molar-refractivity contribution is -0.121. The van der Waals surface area contributed by atoms with Gasteiger partial charge < -0.3 is 15.0 Å². The first-order chi connectivity index (χ1) is 13.8. The Kier molecular flexibility index (Phi) is 5.57. The van der Waals surface area contributed by atoms with E-state index >= 15 is 0 Å². The highest BCUT2D eigenvalue weighted by Gasteiger charge is 2.29. The van der Waals surface area contributed by atoms with E-state index in [1.807, 2.05) is 66.7 Å². The number of ether oxygens (including phenoxy) is 1. The zero-order valence-corrected chi connectivity index (χ0v) is 15.8. The standard InChI is InChI=1S/C24H24N2O2/c27-24(25-16-19-9-3-1-4-10-19)15-21-18-28-23-14-8-7-13-22(23)26(21)17-20-11-5-2-6-12-20/h1-14,21H,15-18H2,(H,25,27)/t21-/m0/s1. The Labute approximate surface area is 165 Å². The number of hydrogen-bond acceptors (Lipinski definition) is 3. The summed E-state index contributed by atoms with van der Waals surface area (Å²) in [5.74, 6) is 0.911. The van der Waals surface area contributed by atoms with Gasteiger partial charge in [0.25, 0.3) is 0 Å². The predicted molar refractivity (Wildman–Crippen MR) is 111 cm³/mol. The maximum atomic E-state index is 12.6. The number of amides is 1. The van der Waals surface area contributed by atoms with Gasteiger partial charge in [-0.25, -0.2) is 0 Å². The first-order valence-corrected chi connectivity index (χ1v) is 9.62. The normalized spacial score (nSPS) is 15.4. The number of hydrogen-bond donors (Lipinski definition) is 1. The second kappa shape index (κ2) is 8.61. The molecule has 1 amide bonds. The molecule has 0 bridgehead atoms. The number of fused-ring (bicyclic) bond motifs is 1. The van der Waals surface area contributed by atoms with E-state index in [0.717, 1.165) is 23.5 Å². The molecule has 0 fully saturated rings. The Balaban J connectivity index is 1.47. The van der Waals surface area contributed by atoms with Gasteiger partial charge in [0.15, 0.2) is 0 Å². The fraction of sp³-hybridized carbons (Fsp3) is 0.208. The van der Waals surface area contributed by atoms with Gasteiger partial charge in [-0.1, -0.05) is 72.8 Å². The summed E-state index contributed by atoms with van der Waals surface area (Å²) in [5.41, 5.74) is 3.36. The van der Waals surface area contributed by atoms with Crippen molar-refractivity contribution in [3.8, 4) is 5.75 Å². The number of nitrogens with one attached hydrogen (secondary N) is 1. The van der Waals surface area contributed by atoms with E-state index in [9.17, 15) is 4.79 Å². The Morgan fingerprint density at radius 2 is 1.54 bits per heavy atom. The monoisotopic (exact) mass is 372 g/mol. The molecule has 1 atom stereocenters. The molecule has 3 aromatic carbocycles. The molecule has 0 aromatic heterocycles. The molecule has 1 heterocycles. The van der Waals surface area contributed by atoms with E-state index in [0.29, 0.717) is 19.6 Å². The molecule has 142 valence electrons. The summed E-state index contributed by atoms with van der Waals surface area (Å²) in [6, 6.07) is 28.3. The number of nitrogens with zero attached hydrogens (tertiary/aromatic N) is 1. The van der Waals surface area contributed by atoms with Crippen LogP contribution in [0.1, 0.15) is 17.5 Å². The Bertz CT molecular complexity index is 912. The molecule has 4 nitrogen and oxygen atoms in total. The number of carbonyl (C=O) groups excluding carboxylic acids is 1. The molecule has 3 aromatic rings. The fourth-order valence-corrected chi connectivity index (χ4v) is 3.54. The van der Waals surface area contributed by atoms with E-state index < -0.39 is 0 Å². The number of benzene rings is 3. The zero-order valence-electron chi connectivity index (χ0n) is 15.8. The maximum Gasteiger partial charge on any atom is 0.222 e. The maximum absolute atomic E-state index is 12.6. The molecule has 0 saturated heterocycles. The minimum absolute atomic E-state index is 0.00844. The number of para-hydroxylation sites is 2. The van der Waals surface area contributed by atoms with Crippen molar-refractivity contribution in [2.45, 2.75) is 25.6 Å². The van der Waals surface area contributed by atoms with Gasteiger partial charge in [-0.3, -0.25) is 4.79 Å². The van der Waals surface area contributed by atoms with Crippen LogP contribution in [0.15, 0.2) is 84.9 Å². The predicted octanol–water partition coefficient (Wildman–Crippen LogP) is 4.16. The molecule has 0 unspecified atom stereocenters. The summed E-state index contributed by atoms with van der Waals surface area (Å²) in [5, 5.41) is 3.03. The summed E-state index contributed by atoms with van der Waals surface area (Å²) in [6.45, 7) is 1.79. The minimum atomic E-state index is -0.00844. The molecular weight excluding hydrogens is 348 g/mol. The first kappa shape index (κ1) is 18.1. The average Bonchev–Trinajstić information content (AvgIpc) is 2.75. The number of carbonyl (C=O) groups is 1. The van der Waals surface area contributed by atoms with Crippen LogP contribution in [0.2, 0.25) is 0 Å². The third-order valence-electron chi connectivity index (χ3n) is 5.00. The topological polar surface area (TPSA) is 41.6 Å². The van der Waals surface area contributed by atoms with Crippen LogP contribution < -0.4 is 15.0 Å². The number of rotatable bonds is 6. The molecule has 1 N–H and O–H groups in total. The number of anilines is 1. The highest BCUT2D eigenvalue weighted by atomic mass is 16.5. The van der Waals surface area contributed by atoms with Gasteiger partial charge in [0.2, 0.25) is 5.91 Å². The highest BCUT2D eigenvalue weighted by Crippen LogP contribution is 2.35. The third-order valence-corrected chi connectivity index (χ3v) is 5.00. The Morgan fingerprint density at radius 3 is 2.29 bits per heavy atom. The molecule has 28 heavy (non-hydrogen) atoms. The van der Waals surface area contributed by atoms with Crippen LogP contribution in [-0.4, -0.2) is 18.6 Å². The smallest absolute Gasteiger partial charge is 0.222 e. The molecule has 0 saturated carbocycles. The lowest BCUT2D eigenvalue weighted by Gasteiger charge is -2.38. The van der Waals surface area contributed by atoms with E-state index in [2.05, 4.69) is 28.4 Å². The van der Waals surface area contributed by atoms with Gasteiger partial charge in [0, 0.05) is 13.1 Å². The van der Waals surface area contributed by atoms with Crippen molar-refractivity contribution >= 4 is 11.6 Å². The van der Waals surface area contributed by atoms with Gasteiger partial charge in [0.1, 0.15) is 12.4 Å². The van der Waals surface area contributed by atoms with Crippen molar-refractivity contribution in [1.82, 2.24) is 5.32 Å². The fourth-order valence-electron chi connectivity index (χ4n) is 3.54. The Hall–Kier alpha value is -3.27. The molecule has 1 aliphatic rings. The van der Waals surface area contributed by atoms with Crippen molar-refractivity contribution in [2.24, 2.45) is 0 Å². The summed E-state index contributed by atoms with van der Waals surface area (Å²) >= 11 is 0. The van der Waals surface area contributed by atoms with Gasteiger partial charge in [-0.15, -0.1) is 0 Å². The van der Waals surface area contributed by atoms with E-state index in [-0.39, 0.29) is 11.9 Å². The second-order valence-corrected chi connectivity index (χ2v) is 7.01. The molecule has 0 aliphatic carbocycles. The molecule has 4 rings (SSSR count).